The first-order chi connectivity index (χ1) is 10.7. The molecule has 3 N–H and O–H groups in total. The zero-order valence-corrected chi connectivity index (χ0v) is 13.5. The standard InChI is InChI=1S/C17H27N3O2/c1-13(11-18)17(21)19-12-16(20-9-3-4-10-20)14-5-7-15(22-2)8-6-14/h5-8,13,16H,3-4,9-12,18H2,1-2H3,(H,19,21). The summed E-state index contributed by atoms with van der Waals surface area (Å²) in [6, 6.07) is 8.33. The number of hydrogen-bond acceptors (Lipinski definition) is 4. The van der Waals surface area contributed by atoms with Gasteiger partial charge in [0.25, 0.3) is 0 Å². The highest BCUT2D eigenvalue weighted by Gasteiger charge is 2.24. The highest BCUT2D eigenvalue weighted by Crippen LogP contribution is 2.26. The van der Waals surface area contributed by atoms with Gasteiger partial charge in [0.05, 0.1) is 13.2 Å². The Kier molecular flexibility index (Phi) is 6.21. The monoisotopic (exact) mass is 305 g/mol. The first kappa shape index (κ1) is 16.8. The highest BCUT2D eigenvalue weighted by atomic mass is 16.5. The predicted octanol–water partition coefficient (Wildman–Crippen LogP) is 1.54. The molecule has 122 valence electrons. The Hall–Kier alpha value is -1.59. The van der Waals surface area contributed by atoms with Gasteiger partial charge in [0, 0.05) is 19.0 Å². The molecule has 1 aliphatic rings. The zero-order chi connectivity index (χ0) is 15.9. The maximum absolute atomic E-state index is 12.0. The molecule has 2 atom stereocenters. The minimum atomic E-state index is -0.143. The van der Waals surface area contributed by atoms with Crippen LogP contribution in [0.1, 0.15) is 31.4 Å². The molecule has 1 amide bonds. The number of nitrogens with one attached hydrogen (secondary N) is 1. The smallest absolute Gasteiger partial charge is 0.224 e. The molecule has 5 nitrogen and oxygen atoms in total. The molecule has 0 bridgehead atoms. The largest absolute Gasteiger partial charge is 0.497 e. The summed E-state index contributed by atoms with van der Waals surface area (Å²) < 4.78 is 5.22. The van der Waals surface area contributed by atoms with Crippen molar-refractivity contribution in [2.45, 2.75) is 25.8 Å². The molecule has 1 fully saturated rings. The molecule has 0 spiro atoms. The zero-order valence-electron chi connectivity index (χ0n) is 13.5. The lowest BCUT2D eigenvalue weighted by Crippen LogP contribution is -2.40. The molecular weight excluding hydrogens is 278 g/mol. The maximum Gasteiger partial charge on any atom is 0.224 e. The number of likely N-dealkylation sites (tertiary alicyclic amines) is 1. The third-order valence-corrected chi connectivity index (χ3v) is 4.35. The Labute approximate surface area is 132 Å². The molecule has 1 heterocycles. The minimum absolute atomic E-state index is 0.0280. The second-order valence-electron chi connectivity index (χ2n) is 5.91. The van der Waals surface area contributed by atoms with E-state index in [-0.39, 0.29) is 17.9 Å². The third kappa shape index (κ3) is 4.21. The number of hydrogen-bond donors (Lipinski definition) is 2. The molecular formula is C17H27N3O2. The maximum atomic E-state index is 12.0. The molecule has 0 aromatic heterocycles. The van der Waals surface area contributed by atoms with Gasteiger partial charge in [-0.15, -0.1) is 0 Å². The van der Waals surface area contributed by atoms with Gasteiger partial charge in [0.1, 0.15) is 5.75 Å². The van der Waals surface area contributed by atoms with Crippen LogP contribution in [-0.2, 0) is 4.79 Å². The van der Waals surface area contributed by atoms with E-state index in [4.69, 9.17) is 10.5 Å². The summed E-state index contributed by atoms with van der Waals surface area (Å²) >= 11 is 0. The Balaban J connectivity index is 2.06. The lowest BCUT2D eigenvalue weighted by atomic mass is 10.0. The van der Waals surface area contributed by atoms with E-state index in [0.29, 0.717) is 13.1 Å². The first-order valence-electron chi connectivity index (χ1n) is 8.01. The predicted molar refractivity (Wildman–Crippen MR) is 87.8 cm³/mol. The van der Waals surface area contributed by atoms with E-state index in [0.717, 1.165) is 18.8 Å². The molecule has 0 radical (unpaired) electrons. The lowest BCUT2D eigenvalue weighted by molar-refractivity contribution is -0.124. The average molecular weight is 305 g/mol. The molecule has 1 aliphatic heterocycles. The summed E-state index contributed by atoms with van der Waals surface area (Å²) in [5, 5.41) is 3.05. The van der Waals surface area contributed by atoms with Crippen molar-refractivity contribution in [3.63, 3.8) is 0 Å². The van der Waals surface area contributed by atoms with E-state index in [9.17, 15) is 4.79 Å². The van der Waals surface area contributed by atoms with E-state index in [1.807, 2.05) is 19.1 Å². The lowest BCUT2D eigenvalue weighted by Gasteiger charge is -2.28. The summed E-state index contributed by atoms with van der Waals surface area (Å²) in [6.07, 6.45) is 2.44. The topological polar surface area (TPSA) is 67.6 Å². The van der Waals surface area contributed by atoms with Crippen LogP contribution in [0.3, 0.4) is 0 Å². The number of carbonyl (C=O) groups is 1. The molecule has 1 aromatic rings. The van der Waals surface area contributed by atoms with Gasteiger partial charge in [-0.05, 0) is 43.6 Å². The minimum Gasteiger partial charge on any atom is -0.497 e. The number of methoxy groups -OCH3 is 1. The molecule has 2 rings (SSSR count). The van der Waals surface area contributed by atoms with Crippen molar-refractivity contribution in [1.82, 2.24) is 10.2 Å². The van der Waals surface area contributed by atoms with Crippen molar-refractivity contribution < 1.29 is 9.53 Å². The molecule has 0 saturated carbocycles. The number of benzene rings is 1. The Morgan fingerprint density at radius 1 is 1.32 bits per heavy atom. The second-order valence-corrected chi connectivity index (χ2v) is 5.91. The number of rotatable bonds is 7. The van der Waals surface area contributed by atoms with Gasteiger partial charge < -0.3 is 15.8 Å². The van der Waals surface area contributed by atoms with Crippen molar-refractivity contribution in [3.8, 4) is 5.75 Å². The SMILES string of the molecule is COc1ccc(C(CNC(=O)C(C)CN)N2CCCC2)cc1. The average Bonchev–Trinajstić information content (AvgIpc) is 3.09. The van der Waals surface area contributed by atoms with Crippen LogP contribution in [-0.4, -0.2) is 44.1 Å². The van der Waals surface area contributed by atoms with Crippen molar-refractivity contribution in [2.75, 3.05) is 33.3 Å². The van der Waals surface area contributed by atoms with Crippen molar-refractivity contribution in [2.24, 2.45) is 11.7 Å². The fraction of sp³-hybridized carbons (Fsp3) is 0.588. The van der Waals surface area contributed by atoms with Gasteiger partial charge in [-0.25, -0.2) is 0 Å². The Bertz CT molecular complexity index is 469. The molecule has 2 unspecified atom stereocenters. The van der Waals surface area contributed by atoms with E-state index >= 15 is 0 Å². The molecule has 1 aromatic carbocycles. The molecule has 22 heavy (non-hydrogen) atoms. The van der Waals surface area contributed by atoms with Crippen LogP contribution in [0.15, 0.2) is 24.3 Å². The summed E-state index contributed by atoms with van der Waals surface area (Å²) in [6.45, 7) is 5.02. The number of nitrogens with zero attached hydrogens (tertiary/aromatic N) is 1. The summed E-state index contributed by atoms with van der Waals surface area (Å²) in [5.41, 5.74) is 6.77. The van der Waals surface area contributed by atoms with Crippen molar-refractivity contribution >= 4 is 5.91 Å². The van der Waals surface area contributed by atoms with Crippen LogP contribution < -0.4 is 15.8 Å². The van der Waals surface area contributed by atoms with Crippen LogP contribution in [0.5, 0.6) is 5.75 Å². The third-order valence-electron chi connectivity index (χ3n) is 4.35. The number of nitrogens with two attached hydrogens (primary N) is 1. The van der Waals surface area contributed by atoms with Crippen molar-refractivity contribution in [3.05, 3.63) is 29.8 Å². The Morgan fingerprint density at radius 3 is 2.50 bits per heavy atom. The van der Waals surface area contributed by atoms with Crippen LogP contribution in [0.4, 0.5) is 0 Å². The van der Waals surface area contributed by atoms with Crippen LogP contribution >= 0.6 is 0 Å². The van der Waals surface area contributed by atoms with E-state index < -0.39 is 0 Å². The fourth-order valence-electron chi connectivity index (χ4n) is 2.82. The van der Waals surface area contributed by atoms with E-state index in [1.54, 1.807) is 7.11 Å². The number of amides is 1. The van der Waals surface area contributed by atoms with Crippen LogP contribution in [0.2, 0.25) is 0 Å². The number of ether oxygens (including phenoxy) is 1. The summed E-state index contributed by atoms with van der Waals surface area (Å²) in [7, 11) is 1.67. The number of carbonyl (C=O) groups excluding carboxylic acids is 1. The van der Waals surface area contributed by atoms with E-state index in [2.05, 4.69) is 22.3 Å². The van der Waals surface area contributed by atoms with Gasteiger partial charge in [0.2, 0.25) is 5.91 Å². The normalized spacial score (nSPS) is 18.0. The molecule has 5 heteroatoms. The van der Waals surface area contributed by atoms with Gasteiger partial charge >= 0.3 is 0 Å². The van der Waals surface area contributed by atoms with Gasteiger partial charge in [-0.1, -0.05) is 19.1 Å². The van der Waals surface area contributed by atoms with Crippen LogP contribution in [0, 0.1) is 5.92 Å². The van der Waals surface area contributed by atoms with Gasteiger partial charge in [0.15, 0.2) is 0 Å². The molecule has 0 aliphatic carbocycles. The summed E-state index contributed by atoms with van der Waals surface area (Å²) in [4.78, 5) is 14.4. The fourth-order valence-corrected chi connectivity index (χ4v) is 2.82. The highest BCUT2D eigenvalue weighted by molar-refractivity contribution is 5.78. The van der Waals surface area contributed by atoms with Gasteiger partial charge in [-0.3, -0.25) is 9.69 Å². The Morgan fingerprint density at radius 2 is 1.95 bits per heavy atom. The first-order valence-corrected chi connectivity index (χ1v) is 8.01. The van der Waals surface area contributed by atoms with E-state index in [1.165, 1.54) is 18.4 Å². The second kappa shape index (κ2) is 8.15. The summed E-state index contributed by atoms with van der Waals surface area (Å²) in [5.74, 6) is 0.736. The van der Waals surface area contributed by atoms with Gasteiger partial charge in [-0.2, -0.15) is 0 Å². The van der Waals surface area contributed by atoms with Crippen molar-refractivity contribution in [1.29, 1.82) is 0 Å². The quantitative estimate of drug-likeness (QED) is 0.802. The molecule has 1 saturated heterocycles. The van der Waals surface area contributed by atoms with Crippen LogP contribution in [0.25, 0.3) is 0 Å².